The van der Waals surface area contributed by atoms with Gasteiger partial charge < -0.3 is 9.88 Å². The van der Waals surface area contributed by atoms with Crippen LogP contribution in [0.3, 0.4) is 0 Å². The van der Waals surface area contributed by atoms with Crippen LogP contribution in [0.4, 0.5) is 0 Å². The van der Waals surface area contributed by atoms with Gasteiger partial charge in [0.2, 0.25) is 0 Å². The SMILES string of the molecule is Cc1ccc(CNCc2cn(C)c3ccc(C)cc3c2=O)cc1. The van der Waals surface area contributed by atoms with Gasteiger partial charge in [0, 0.05) is 37.3 Å². The van der Waals surface area contributed by atoms with Gasteiger partial charge in [0.05, 0.1) is 5.52 Å². The summed E-state index contributed by atoms with van der Waals surface area (Å²) in [6.45, 7) is 5.43. The Hall–Kier alpha value is -2.39. The number of hydrogen-bond donors (Lipinski definition) is 1. The van der Waals surface area contributed by atoms with E-state index in [4.69, 9.17) is 0 Å². The molecule has 0 fully saturated rings. The van der Waals surface area contributed by atoms with Crippen LogP contribution in [0.5, 0.6) is 0 Å². The van der Waals surface area contributed by atoms with Gasteiger partial charge in [0.25, 0.3) is 0 Å². The quantitative estimate of drug-likeness (QED) is 0.801. The number of fused-ring (bicyclic) bond motifs is 1. The summed E-state index contributed by atoms with van der Waals surface area (Å²) in [5, 5.41) is 4.17. The predicted molar refractivity (Wildman–Crippen MR) is 95.6 cm³/mol. The Morgan fingerprint density at radius 3 is 2.39 bits per heavy atom. The first-order chi connectivity index (χ1) is 11.0. The fourth-order valence-corrected chi connectivity index (χ4v) is 2.85. The number of rotatable bonds is 4. The van der Waals surface area contributed by atoms with Crippen molar-refractivity contribution in [2.24, 2.45) is 7.05 Å². The molecule has 0 amide bonds. The van der Waals surface area contributed by atoms with E-state index < -0.39 is 0 Å². The standard InChI is InChI=1S/C20H22N2O/c1-14-4-7-16(8-5-14)11-21-12-17-13-22(3)19-9-6-15(2)10-18(19)20(17)23/h4-10,13,21H,11-12H2,1-3H3. The van der Waals surface area contributed by atoms with Crippen molar-refractivity contribution in [3.05, 3.63) is 81.1 Å². The first-order valence-electron chi connectivity index (χ1n) is 7.90. The van der Waals surface area contributed by atoms with Crippen molar-refractivity contribution in [1.29, 1.82) is 0 Å². The number of aromatic nitrogens is 1. The van der Waals surface area contributed by atoms with E-state index in [0.717, 1.165) is 28.6 Å². The molecule has 2 aromatic carbocycles. The molecule has 1 N–H and O–H groups in total. The van der Waals surface area contributed by atoms with Gasteiger partial charge in [-0.3, -0.25) is 4.79 Å². The maximum Gasteiger partial charge on any atom is 0.193 e. The number of aryl methyl sites for hydroxylation is 3. The second-order valence-electron chi connectivity index (χ2n) is 6.20. The highest BCUT2D eigenvalue weighted by molar-refractivity contribution is 5.80. The van der Waals surface area contributed by atoms with E-state index in [0.29, 0.717) is 6.54 Å². The third-order valence-electron chi connectivity index (χ3n) is 4.18. The van der Waals surface area contributed by atoms with Gasteiger partial charge >= 0.3 is 0 Å². The van der Waals surface area contributed by atoms with Crippen LogP contribution in [0.15, 0.2) is 53.5 Å². The topological polar surface area (TPSA) is 34.0 Å². The molecule has 0 radical (unpaired) electrons. The van der Waals surface area contributed by atoms with Gasteiger partial charge in [0.15, 0.2) is 5.43 Å². The van der Waals surface area contributed by atoms with E-state index in [-0.39, 0.29) is 5.43 Å². The molecule has 3 aromatic rings. The third kappa shape index (κ3) is 3.35. The summed E-state index contributed by atoms with van der Waals surface area (Å²) in [7, 11) is 1.99. The molecule has 0 atom stereocenters. The molecule has 0 aliphatic rings. The second-order valence-corrected chi connectivity index (χ2v) is 6.20. The average Bonchev–Trinajstić information content (AvgIpc) is 2.54. The van der Waals surface area contributed by atoms with E-state index >= 15 is 0 Å². The molecule has 118 valence electrons. The third-order valence-corrected chi connectivity index (χ3v) is 4.18. The molecular weight excluding hydrogens is 284 g/mol. The molecular formula is C20H22N2O. The molecule has 1 heterocycles. The lowest BCUT2D eigenvalue weighted by molar-refractivity contribution is 0.685. The Labute approximate surface area is 136 Å². The second kappa shape index (κ2) is 6.39. The zero-order valence-electron chi connectivity index (χ0n) is 13.9. The highest BCUT2D eigenvalue weighted by atomic mass is 16.1. The van der Waals surface area contributed by atoms with Gasteiger partial charge in [-0.15, -0.1) is 0 Å². The Bertz CT molecular complexity index is 892. The highest BCUT2D eigenvalue weighted by Crippen LogP contribution is 2.13. The minimum absolute atomic E-state index is 0.123. The molecule has 0 bridgehead atoms. The predicted octanol–water partition coefficient (Wildman–Crippen LogP) is 3.45. The van der Waals surface area contributed by atoms with E-state index in [1.54, 1.807) is 0 Å². The van der Waals surface area contributed by atoms with Crippen LogP contribution in [0.2, 0.25) is 0 Å². The average molecular weight is 306 g/mol. The molecule has 0 aliphatic carbocycles. The van der Waals surface area contributed by atoms with Crippen molar-refractivity contribution in [2.45, 2.75) is 26.9 Å². The zero-order valence-corrected chi connectivity index (χ0v) is 13.9. The number of nitrogens with one attached hydrogen (secondary N) is 1. The number of nitrogens with zero attached hydrogens (tertiary/aromatic N) is 1. The van der Waals surface area contributed by atoms with Crippen molar-refractivity contribution in [3.8, 4) is 0 Å². The summed E-state index contributed by atoms with van der Waals surface area (Å²) in [6, 6.07) is 14.5. The number of benzene rings is 2. The van der Waals surface area contributed by atoms with E-state index in [1.807, 2.05) is 42.9 Å². The largest absolute Gasteiger partial charge is 0.350 e. The van der Waals surface area contributed by atoms with Gasteiger partial charge in [-0.1, -0.05) is 41.5 Å². The maximum atomic E-state index is 12.7. The van der Waals surface area contributed by atoms with Gasteiger partial charge in [0.1, 0.15) is 0 Å². The van der Waals surface area contributed by atoms with Crippen LogP contribution < -0.4 is 10.7 Å². The molecule has 3 rings (SSSR count). The van der Waals surface area contributed by atoms with Crippen LogP contribution in [-0.2, 0) is 20.1 Å². The molecule has 0 unspecified atom stereocenters. The van der Waals surface area contributed by atoms with Crippen LogP contribution in [0.25, 0.3) is 10.9 Å². The van der Waals surface area contributed by atoms with E-state index in [2.05, 4.69) is 36.5 Å². The summed E-state index contributed by atoms with van der Waals surface area (Å²) in [4.78, 5) is 12.7. The summed E-state index contributed by atoms with van der Waals surface area (Å²) >= 11 is 0. The first-order valence-corrected chi connectivity index (χ1v) is 7.90. The molecule has 0 saturated heterocycles. The molecule has 0 spiro atoms. The number of hydrogen-bond acceptors (Lipinski definition) is 2. The summed E-state index contributed by atoms with van der Waals surface area (Å²) in [6.07, 6.45) is 1.93. The lowest BCUT2D eigenvalue weighted by Crippen LogP contribution is -2.21. The summed E-state index contributed by atoms with van der Waals surface area (Å²) in [5.74, 6) is 0. The Morgan fingerprint density at radius 2 is 1.65 bits per heavy atom. The van der Waals surface area contributed by atoms with E-state index in [9.17, 15) is 4.79 Å². The fourth-order valence-electron chi connectivity index (χ4n) is 2.85. The van der Waals surface area contributed by atoms with Crippen molar-refractivity contribution < 1.29 is 0 Å². The molecule has 23 heavy (non-hydrogen) atoms. The van der Waals surface area contributed by atoms with Gasteiger partial charge in [-0.05, 0) is 31.5 Å². The monoisotopic (exact) mass is 306 g/mol. The fraction of sp³-hybridized carbons (Fsp3) is 0.250. The highest BCUT2D eigenvalue weighted by Gasteiger charge is 2.07. The minimum atomic E-state index is 0.123. The van der Waals surface area contributed by atoms with Crippen molar-refractivity contribution >= 4 is 10.9 Å². The lowest BCUT2D eigenvalue weighted by Gasteiger charge is -2.11. The van der Waals surface area contributed by atoms with Crippen molar-refractivity contribution in [1.82, 2.24) is 9.88 Å². The Kier molecular flexibility index (Phi) is 4.30. The number of pyridine rings is 1. The maximum absolute atomic E-state index is 12.7. The molecule has 0 aliphatic heterocycles. The molecule has 1 aromatic heterocycles. The summed E-state index contributed by atoms with van der Waals surface area (Å²) < 4.78 is 2.03. The van der Waals surface area contributed by atoms with Gasteiger partial charge in [-0.2, -0.15) is 0 Å². The van der Waals surface area contributed by atoms with Crippen LogP contribution in [0, 0.1) is 13.8 Å². The van der Waals surface area contributed by atoms with Crippen molar-refractivity contribution in [3.63, 3.8) is 0 Å². The minimum Gasteiger partial charge on any atom is -0.350 e. The van der Waals surface area contributed by atoms with Gasteiger partial charge in [-0.25, -0.2) is 0 Å². The molecule has 0 saturated carbocycles. The van der Waals surface area contributed by atoms with Crippen molar-refractivity contribution in [2.75, 3.05) is 0 Å². The first kappa shape index (κ1) is 15.5. The zero-order chi connectivity index (χ0) is 16.4. The smallest absolute Gasteiger partial charge is 0.193 e. The van der Waals surface area contributed by atoms with E-state index in [1.165, 1.54) is 11.1 Å². The molecule has 3 heteroatoms. The summed E-state index contributed by atoms with van der Waals surface area (Å²) in [5.41, 5.74) is 5.50. The molecule has 3 nitrogen and oxygen atoms in total. The Morgan fingerprint density at radius 1 is 0.957 bits per heavy atom. The van der Waals surface area contributed by atoms with Crippen LogP contribution >= 0.6 is 0 Å². The van der Waals surface area contributed by atoms with Crippen LogP contribution in [-0.4, -0.2) is 4.57 Å². The van der Waals surface area contributed by atoms with Crippen LogP contribution in [0.1, 0.15) is 22.3 Å². The normalized spacial score (nSPS) is 11.1. The lowest BCUT2D eigenvalue weighted by atomic mass is 10.1. The Balaban J connectivity index is 1.81.